The van der Waals surface area contributed by atoms with Gasteiger partial charge in [-0.15, -0.1) is 13.2 Å². The quantitative estimate of drug-likeness (QED) is 0.559. The van der Waals surface area contributed by atoms with Crippen LogP contribution in [0.3, 0.4) is 0 Å². The van der Waals surface area contributed by atoms with Gasteiger partial charge < -0.3 is 15.5 Å². The molecule has 2 aromatic heterocycles. The van der Waals surface area contributed by atoms with Gasteiger partial charge in [0.15, 0.2) is 5.65 Å². The molecule has 1 fully saturated rings. The summed E-state index contributed by atoms with van der Waals surface area (Å²) in [6.07, 6.45) is -2.69. The average Bonchev–Trinajstić information content (AvgIpc) is 3.21. The van der Waals surface area contributed by atoms with Crippen LogP contribution in [-0.4, -0.2) is 58.5 Å². The van der Waals surface area contributed by atoms with Crippen molar-refractivity contribution in [1.82, 2.24) is 19.9 Å². The number of pyridine rings is 1. The fourth-order valence-corrected chi connectivity index (χ4v) is 3.66. The van der Waals surface area contributed by atoms with E-state index in [1.807, 2.05) is 0 Å². The number of nitrogens with one attached hydrogen (secondary N) is 2. The lowest BCUT2D eigenvalue weighted by atomic mass is 10.0. The molecule has 4 rings (SSSR count). The molecule has 3 heterocycles. The van der Waals surface area contributed by atoms with E-state index >= 15 is 0 Å². The van der Waals surface area contributed by atoms with Crippen molar-refractivity contribution in [1.29, 1.82) is 0 Å². The lowest BCUT2D eigenvalue weighted by molar-refractivity contribution is -0.340. The highest BCUT2D eigenvalue weighted by Crippen LogP contribution is 2.31. The number of anilines is 2. The summed E-state index contributed by atoms with van der Waals surface area (Å²) in [4.78, 5) is 26.4. The van der Waals surface area contributed by atoms with Crippen LogP contribution in [-0.2, 0) is 4.74 Å². The number of alkyl halides is 3. The number of benzene rings is 1. The maximum atomic E-state index is 14.6. The fraction of sp³-hybridized carbons (Fsp3) is 0.333. The maximum Gasteiger partial charge on any atom is 0.522 e. The third kappa shape index (κ3) is 5.11. The average molecular weight is 464 g/mol. The molecule has 0 spiro atoms. The number of nitrogens with zero attached hydrogens (tertiary/aromatic N) is 4. The highest BCUT2D eigenvalue weighted by atomic mass is 19.4. The second-order valence-electron chi connectivity index (χ2n) is 7.58. The number of rotatable bonds is 4. The van der Waals surface area contributed by atoms with E-state index in [-0.39, 0.29) is 25.2 Å². The molecule has 0 unspecified atom stereocenters. The number of halogens is 4. The molecule has 1 saturated heterocycles. The molecule has 174 valence electrons. The summed E-state index contributed by atoms with van der Waals surface area (Å²) in [5, 5.41) is 5.95. The van der Waals surface area contributed by atoms with Crippen molar-refractivity contribution in [2.24, 2.45) is 0 Å². The largest absolute Gasteiger partial charge is 0.522 e. The molecular weight excluding hydrogens is 444 g/mol. The van der Waals surface area contributed by atoms with Crippen molar-refractivity contribution in [3.8, 4) is 11.1 Å². The zero-order valence-corrected chi connectivity index (χ0v) is 17.7. The Kier molecular flexibility index (Phi) is 6.02. The zero-order valence-electron chi connectivity index (χ0n) is 17.7. The molecule has 0 bridgehead atoms. The normalized spacial score (nSPS) is 16.3. The molecule has 2 N–H and O–H groups in total. The van der Waals surface area contributed by atoms with Crippen molar-refractivity contribution in [3.63, 3.8) is 0 Å². The molecule has 1 aliphatic rings. The molecule has 1 aromatic carbocycles. The van der Waals surface area contributed by atoms with Crippen LogP contribution in [0.25, 0.3) is 22.2 Å². The van der Waals surface area contributed by atoms with Crippen LogP contribution in [0.5, 0.6) is 0 Å². The maximum absolute atomic E-state index is 14.6. The van der Waals surface area contributed by atoms with Gasteiger partial charge in [0.25, 0.3) is 0 Å². The van der Waals surface area contributed by atoms with E-state index in [9.17, 15) is 22.4 Å². The Labute approximate surface area is 186 Å². The number of urea groups is 1. The van der Waals surface area contributed by atoms with E-state index in [0.29, 0.717) is 33.7 Å². The Balaban J connectivity index is 1.55. The Morgan fingerprint density at radius 2 is 2.00 bits per heavy atom. The lowest BCUT2D eigenvalue weighted by Gasteiger charge is -2.19. The van der Waals surface area contributed by atoms with Gasteiger partial charge in [-0.1, -0.05) is 0 Å². The number of aromatic nitrogens is 3. The molecule has 3 aromatic rings. The predicted molar refractivity (Wildman–Crippen MR) is 113 cm³/mol. The number of amides is 2. The van der Waals surface area contributed by atoms with Crippen molar-refractivity contribution in [2.75, 3.05) is 30.8 Å². The first-order valence-electron chi connectivity index (χ1n) is 10.0. The van der Waals surface area contributed by atoms with Gasteiger partial charge in [0.1, 0.15) is 5.82 Å². The highest BCUT2D eigenvalue weighted by molar-refractivity contribution is 5.91. The molecule has 1 aliphatic heterocycles. The summed E-state index contributed by atoms with van der Waals surface area (Å²) in [6, 6.07) is 3.83. The van der Waals surface area contributed by atoms with Crippen molar-refractivity contribution < 1.29 is 27.1 Å². The van der Waals surface area contributed by atoms with E-state index < -0.39 is 24.3 Å². The van der Waals surface area contributed by atoms with Gasteiger partial charge in [0, 0.05) is 43.5 Å². The van der Waals surface area contributed by atoms with Crippen molar-refractivity contribution in [2.45, 2.75) is 25.8 Å². The van der Waals surface area contributed by atoms with Gasteiger partial charge in [-0.2, -0.15) is 4.98 Å². The predicted octanol–water partition coefficient (Wildman–Crippen LogP) is 4.32. The number of hydrogen-bond acceptors (Lipinski definition) is 6. The fourth-order valence-electron chi connectivity index (χ4n) is 3.66. The van der Waals surface area contributed by atoms with Gasteiger partial charge in [-0.25, -0.2) is 19.2 Å². The molecule has 0 aliphatic carbocycles. The second kappa shape index (κ2) is 8.77. The standard InChI is InChI=1S/C21H20F4N6O2/c1-11-5-16(22)17(29-20(32)31-4-3-14(10-31)33-21(23,24)25)7-15(11)12-6-13-9-28-19(26-2)30-18(13)27-8-12/h5-9,14H,3-4,10H2,1-2H3,(H,29,32)(H,26,27,28,30)/t14-/m0/s1. The Hall–Kier alpha value is -3.54. The van der Waals surface area contributed by atoms with Crippen molar-refractivity contribution in [3.05, 3.63) is 42.0 Å². The lowest BCUT2D eigenvalue weighted by Crippen LogP contribution is -2.35. The molecular formula is C21H20F4N6O2. The summed E-state index contributed by atoms with van der Waals surface area (Å²) in [6.45, 7) is 1.54. The topological polar surface area (TPSA) is 92.3 Å². The van der Waals surface area contributed by atoms with Gasteiger partial charge in [0.2, 0.25) is 5.95 Å². The third-order valence-corrected chi connectivity index (χ3v) is 5.26. The van der Waals surface area contributed by atoms with E-state index in [4.69, 9.17) is 0 Å². The summed E-state index contributed by atoms with van der Waals surface area (Å²) in [5.41, 5.74) is 2.28. The molecule has 8 nitrogen and oxygen atoms in total. The molecule has 0 radical (unpaired) electrons. The van der Waals surface area contributed by atoms with Gasteiger partial charge >= 0.3 is 12.4 Å². The Bertz CT molecular complexity index is 1200. The van der Waals surface area contributed by atoms with Crippen molar-refractivity contribution >= 4 is 28.7 Å². The number of fused-ring (bicyclic) bond motifs is 1. The summed E-state index contributed by atoms with van der Waals surface area (Å²) < 4.78 is 55.8. The van der Waals surface area contributed by atoms with Crippen LogP contribution in [0, 0.1) is 12.7 Å². The number of carbonyl (C=O) groups excluding carboxylic acids is 1. The first-order chi connectivity index (χ1) is 15.6. The third-order valence-electron chi connectivity index (χ3n) is 5.26. The van der Waals surface area contributed by atoms with Crippen LogP contribution >= 0.6 is 0 Å². The van der Waals surface area contributed by atoms with Gasteiger partial charge in [0.05, 0.1) is 11.8 Å². The van der Waals surface area contributed by atoms with Gasteiger partial charge in [-0.3, -0.25) is 4.74 Å². The summed E-state index contributed by atoms with van der Waals surface area (Å²) in [5.74, 6) is -0.238. The van der Waals surface area contributed by atoms with Crippen LogP contribution in [0.4, 0.5) is 34.0 Å². The minimum atomic E-state index is -4.78. The SMILES string of the molecule is CNc1ncc2cc(-c3cc(NC(=O)N4CC[C@H](OC(F)(F)F)C4)c(F)cc3C)cnc2n1. The van der Waals surface area contributed by atoms with Crippen LogP contribution < -0.4 is 10.6 Å². The minimum absolute atomic E-state index is 0.0364. The highest BCUT2D eigenvalue weighted by Gasteiger charge is 2.37. The molecule has 0 saturated carbocycles. The van der Waals surface area contributed by atoms with Crippen LogP contribution in [0.15, 0.2) is 30.6 Å². The Morgan fingerprint density at radius 1 is 1.21 bits per heavy atom. The molecule has 1 atom stereocenters. The first-order valence-corrected chi connectivity index (χ1v) is 10.0. The smallest absolute Gasteiger partial charge is 0.357 e. The van der Waals surface area contributed by atoms with E-state index in [2.05, 4.69) is 30.3 Å². The monoisotopic (exact) mass is 464 g/mol. The molecule has 2 amide bonds. The number of hydrogen-bond donors (Lipinski definition) is 2. The number of aryl methyl sites for hydroxylation is 1. The second-order valence-corrected chi connectivity index (χ2v) is 7.58. The van der Waals surface area contributed by atoms with Gasteiger partial charge in [-0.05, 0) is 42.7 Å². The minimum Gasteiger partial charge on any atom is -0.357 e. The number of likely N-dealkylation sites (tertiary alicyclic amines) is 1. The number of ether oxygens (including phenoxy) is 1. The van der Waals surface area contributed by atoms with E-state index in [1.165, 1.54) is 12.1 Å². The van der Waals surface area contributed by atoms with Crippen LogP contribution in [0.2, 0.25) is 0 Å². The van der Waals surface area contributed by atoms with E-state index in [1.54, 1.807) is 32.4 Å². The van der Waals surface area contributed by atoms with E-state index in [0.717, 1.165) is 4.90 Å². The summed E-state index contributed by atoms with van der Waals surface area (Å²) in [7, 11) is 1.69. The summed E-state index contributed by atoms with van der Waals surface area (Å²) >= 11 is 0. The van der Waals surface area contributed by atoms with Crippen LogP contribution in [0.1, 0.15) is 12.0 Å². The number of carbonyl (C=O) groups is 1. The Morgan fingerprint density at radius 3 is 2.73 bits per heavy atom. The molecule has 33 heavy (non-hydrogen) atoms. The molecule has 12 heteroatoms. The zero-order chi connectivity index (χ0) is 23.8. The first kappa shape index (κ1) is 22.6.